The van der Waals surface area contributed by atoms with Gasteiger partial charge in [0.25, 0.3) is 0 Å². The summed E-state index contributed by atoms with van der Waals surface area (Å²) in [5.74, 6) is -16.1. The fourth-order valence-corrected chi connectivity index (χ4v) is 19.0. The van der Waals surface area contributed by atoms with Crippen LogP contribution in [0.5, 0.6) is 5.75 Å². The topological polar surface area (TPSA) is 648 Å². The molecule has 45 heteroatoms. The molecule has 1 saturated heterocycles. The second-order valence-electron chi connectivity index (χ2n) is 41.9. The van der Waals surface area contributed by atoms with Crippen LogP contribution in [0.1, 0.15) is 244 Å². The van der Waals surface area contributed by atoms with Crippen molar-refractivity contribution in [2.75, 3.05) is 32.8 Å². The van der Waals surface area contributed by atoms with E-state index in [-0.39, 0.29) is 133 Å². The smallest absolute Gasteiger partial charge is 0.407 e. The lowest BCUT2D eigenvalue weighted by Crippen LogP contribution is -2.65. The first-order valence-corrected chi connectivity index (χ1v) is 52.4. The van der Waals surface area contributed by atoms with Crippen molar-refractivity contribution >= 4 is 156 Å². The first kappa shape index (κ1) is 124. The Hall–Kier alpha value is -13.3. The van der Waals surface area contributed by atoms with Crippen LogP contribution in [0.25, 0.3) is 21.7 Å². The van der Waals surface area contributed by atoms with E-state index >= 15 is 47.9 Å². The molecule has 149 heavy (non-hydrogen) atoms. The molecule has 0 spiro atoms. The summed E-state index contributed by atoms with van der Waals surface area (Å²) in [6.45, 7) is 33.5. The summed E-state index contributed by atoms with van der Waals surface area (Å²) in [4.78, 5) is 278. The minimum atomic E-state index is -2.16. The quantitative estimate of drug-likeness (QED) is 0.0181. The van der Waals surface area contributed by atoms with Crippen molar-refractivity contribution in [1.82, 2.24) is 90.1 Å². The van der Waals surface area contributed by atoms with E-state index in [0.717, 1.165) is 39.5 Å². The summed E-state index contributed by atoms with van der Waals surface area (Å²) in [6, 6.07) is 5.32. The van der Waals surface area contributed by atoms with Gasteiger partial charge in [0.2, 0.25) is 100 Å². The molecule has 2 heterocycles. The van der Waals surface area contributed by atoms with Crippen LogP contribution in [0, 0.1) is 12.8 Å². The molecule has 1 fully saturated rings. The molecule has 19 amide bonds. The van der Waals surface area contributed by atoms with Gasteiger partial charge in [-0.2, -0.15) is 0 Å². The lowest BCUT2D eigenvalue weighted by Gasteiger charge is -2.39. The molecule has 1 aromatic heterocycles. The Labute approximate surface area is 878 Å². The zero-order valence-electron chi connectivity index (χ0n) is 89.5. The van der Waals surface area contributed by atoms with Gasteiger partial charge < -0.3 is 126 Å². The van der Waals surface area contributed by atoms with Gasteiger partial charge in [0.15, 0.2) is 0 Å². The average Bonchev–Trinajstić information content (AvgIpc) is 1.49. The van der Waals surface area contributed by atoms with E-state index < -0.39 is 224 Å². The third kappa shape index (κ3) is 42.7. The van der Waals surface area contributed by atoms with Gasteiger partial charge >= 0.3 is 12.2 Å². The Morgan fingerprint density at radius 3 is 1.64 bits per heavy atom. The van der Waals surface area contributed by atoms with Crippen LogP contribution in [-0.2, 0) is 115 Å². The standard InChI is InChI=1S/C104H156N20O23S2/c1-22-101(15,16)145-60(5)82-93(138)118-76(54-68-57-112-81-59(4)32-31-35-70(68)81)89(134)114-71(36-25-28-45-108-61(6)125)87(132)123-84(103(19,20)149-148-102(17,18)83(113-63(8)127)94(139)120-78(56-80(106)129)91(136)122-82)95(140)119-74(52-64-39-42-69(43-40-64)144-49-48-111-98(143)147-100(12,13)14)88(133)116-75(53-65-38-41-66-33-23-24-34-67(66)51-65)92(137)124-104(21,44-27-30-47-110-97(142)146-99(9,10)11)96(141)121-72(37-26-29-46-109-62(7)126)86(131)117-77(55-79(105)128)90(135)115-73(85(107)130)50-58(2)3/h23-24,31-35,38-43,51,57-58,60,71-78,82-84,112H,22,25-30,36-37,44-50,52-56H2,1-21H3,(H2,105,128)(H2,106,129)(H2,107,130)(H,108,125)(H,109,126)(H,110,142)(H,111,143)(H,113,127)(H,114,134)(H,115,135)(H,116,133)(H,117,131)(H,118,138)(H,119,140)(H,120,139)(H,121,141)(H,122,136)(H,123,132)(H,124,137)/t60-,71+,72+,73-,74+,75+,76+,77+,78+,82+,83-,84-,104+/m1/s1. The number of benzene rings is 4. The Bertz CT molecular complexity index is 5530. The third-order valence-electron chi connectivity index (χ3n) is 24.4. The van der Waals surface area contributed by atoms with Gasteiger partial charge in [-0.15, -0.1) is 0 Å². The number of unbranched alkanes of at least 4 members (excludes halogenated alkanes) is 3. The van der Waals surface area contributed by atoms with Gasteiger partial charge in [0.1, 0.15) is 95.6 Å². The first-order valence-electron chi connectivity index (χ1n) is 50.3. The molecule has 23 N–H and O–H groups in total. The Kier molecular flexibility index (Phi) is 47.9. The number of rotatable bonds is 49. The lowest BCUT2D eigenvalue weighted by atomic mass is 9.91. The minimum absolute atomic E-state index is 0.00529. The number of primary amides is 3. The molecule has 6 rings (SSSR count). The third-order valence-corrected chi connectivity index (χ3v) is 28.6. The summed E-state index contributed by atoms with van der Waals surface area (Å²) in [7, 11) is 1.80. The number of ether oxygens (including phenoxy) is 4. The number of hydrogen-bond acceptors (Lipinski definition) is 25. The van der Waals surface area contributed by atoms with Crippen LogP contribution >= 0.6 is 21.6 Å². The van der Waals surface area contributed by atoms with Crippen molar-refractivity contribution < 1.29 is 110 Å². The van der Waals surface area contributed by atoms with Gasteiger partial charge in [-0.1, -0.05) is 115 Å². The number of aromatic amines is 1. The lowest BCUT2D eigenvalue weighted by molar-refractivity contribution is -0.142. The second kappa shape index (κ2) is 57.4. The molecular weight excluding hydrogens is 1960 g/mol. The molecule has 822 valence electrons. The second-order valence-corrected chi connectivity index (χ2v) is 45.3. The van der Waals surface area contributed by atoms with Crippen molar-refractivity contribution in [1.29, 1.82) is 0 Å². The number of carbonyl (C=O) groups is 19. The molecule has 1 aliphatic heterocycles. The number of aromatic nitrogens is 1. The average molecular weight is 2120 g/mol. The zero-order chi connectivity index (χ0) is 111. The molecule has 0 aliphatic carbocycles. The summed E-state index contributed by atoms with van der Waals surface area (Å²) < 4.78 is 20.1. The van der Waals surface area contributed by atoms with Crippen molar-refractivity contribution in [2.45, 2.75) is 353 Å². The predicted molar refractivity (Wildman–Crippen MR) is 565 cm³/mol. The normalized spacial score (nSPS) is 18.6. The van der Waals surface area contributed by atoms with Gasteiger partial charge in [-0.05, 0) is 226 Å². The van der Waals surface area contributed by atoms with E-state index in [4.69, 9.17) is 36.1 Å². The van der Waals surface area contributed by atoms with Crippen LogP contribution in [0.3, 0.4) is 0 Å². The van der Waals surface area contributed by atoms with Crippen molar-refractivity contribution in [3.8, 4) is 5.75 Å². The SMILES string of the molecule is CCC(C)(C)O[C@H](C)[C@@H]1NC(=O)[C@H](CC(N)=O)NC(=O)[C@@H](NC(C)=O)C(C)(C)SSC(C)(C)[C@@H](C(=O)N[C@@H](Cc2ccc(OCCNC(=O)OC(C)(C)C)cc2)C(=O)N[C@@H](Cc2ccc3ccccc3c2)C(=O)N[C@@](C)(CCCCNC(=O)OC(C)(C)C)C(=O)N[C@@H](CCCCNC(C)=O)C(=O)N[C@@H](CC(N)=O)C(=O)N[C@H](CC(C)C)C(N)=O)NC(=O)[C@H](CCCCNC(C)=O)NC(=O)[C@H](Cc2c[nH]c3c(C)cccc23)NC1=O. The summed E-state index contributed by atoms with van der Waals surface area (Å²) in [6.07, 6.45) is -3.47. The first-order chi connectivity index (χ1) is 69.6. The summed E-state index contributed by atoms with van der Waals surface area (Å²) in [5.41, 5.74) is 15.1. The minimum Gasteiger partial charge on any atom is -0.492 e. The highest BCUT2D eigenvalue weighted by Crippen LogP contribution is 2.47. The molecule has 0 radical (unpaired) electrons. The molecule has 4 aromatic carbocycles. The highest BCUT2D eigenvalue weighted by molar-refractivity contribution is 8.77. The Balaban J connectivity index is 1.62. The van der Waals surface area contributed by atoms with E-state index in [0.29, 0.717) is 39.4 Å². The summed E-state index contributed by atoms with van der Waals surface area (Å²) in [5, 5.41) is 45.7. The maximum absolute atomic E-state index is 16.7. The molecule has 0 saturated carbocycles. The fraction of sp³-hybridized carbons (Fsp3) is 0.587. The van der Waals surface area contributed by atoms with Crippen LogP contribution < -0.4 is 107 Å². The molecule has 0 bridgehead atoms. The summed E-state index contributed by atoms with van der Waals surface area (Å²) >= 11 is 0. The van der Waals surface area contributed by atoms with Gasteiger partial charge in [0.05, 0.1) is 31.1 Å². The number of carbonyl (C=O) groups excluding carboxylic acids is 19. The number of fused-ring (bicyclic) bond motifs is 2. The number of alkyl carbamates (subject to hydrolysis) is 2. The number of para-hydroxylation sites is 1. The van der Waals surface area contributed by atoms with E-state index in [2.05, 4.69) is 90.1 Å². The number of nitrogens with two attached hydrogens (primary N) is 3. The van der Waals surface area contributed by atoms with Crippen LogP contribution in [0.2, 0.25) is 0 Å². The molecular formula is C104H156N20O23S2. The highest BCUT2D eigenvalue weighted by Gasteiger charge is 2.48. The number of aryl methyl sites for hydroxylation is 1. The largest absolute Gasteiger partial charge is 0.492 e. The van der Waals surface area contributed by atoms with Crippen molar-refractivity contribution in [3.05, 3.63) is 113 Å². The van der Waals surface area contributed by atoms with E-state index in [1.54, 1.807) is 136 Å². The molecule has 13 atom stereocenters. The molecule has 0 unspecified atom stereocenters. The van der Waals surface area contributed by atoms with E-state index in [1.165, 1.54) is 55.4 Å². The van der Waals surface area contributed by atoms with Crippen molar-refractivity contribution in [3.63, 3.8) is 0 Å². The van der Waals surface area contributed by atoms with Crippen LogP contribution in [0.15, 0.2) is 91.1 Å². The molecule has 5 aromatic rings. The van der Waals surface area contributed by atoms with Gasteiger partial charge in [0, 0.05) is 86.3 Å². The fourth-order valence-electron chi connectivity index (χ4n) is 16.2. The van der Waals surface area contributed by atoms with Gasteiger partial charge in [-0.25, -0.2) is 9.59 Å². The Morgan fingerprint density at radius 1 is 0.510 bits per heavy atom. The molecule has 1 aliphatic rings. The zero-order valence-corrected chi connectivity index (χ0v) is 91.1. The highest BCUT2D eigenvalue weighted by atomic mass is 33.1. The number of H-pyrrole nitrogens is 1. The Morgan fingerprint density at radius 2 is 1.05 bits per heavy atom. The monoisotopic (exact) mass is 2120 g/mol. The maximum atomic E-state index is 16.7. The van der Waals surface area contributed by atoms with Crippen LogP contribution in [-0.4, -0.2) is 255 Å². The number of amides is 19. The van der Waals surface area contributed by atoms with Crippen molar-refractivity contribution in [2.24, 2.45) is 23.1 Å². The van der Waals surface area contributed by atoms with E-state index in [9.17, 15) is 43.2 Å². The maximum Gasteiger partial charge on any atom is 0.407 e. The predicted octanol–water partition coefficient (Wildman–Crippen LogP) is 4.92. The number of hydrogen-bond donors (Lipinski definition) is 20. The van der Waals surface area contributed by atoms with Crippen LogP contribution in [0.4, 0.5) is 9.59 Å². The molecule has 43 nitrogen and oxygen atoms in total. The number of nitrogens with one attached hydrogen (secondary N) is 17. The van der Waals surface area contributed by atoms with E-state index in [1.807, 2.05) is 38.1 Å². The van der Waals surface area contributed by atoms with Gasteiger partial charge in [-0.3, -0.25) is 81.5 Å².